The molecule has 0 radical (unpaired) electrons. The Hall–Kier alpha value is -1.07. The van der Waals surface area contributed by atoms with Gasteiger partial charge in [0.25, 0.3) is 0 Å². The second kappa shape index (κ2) is 9.23. The van der Waals surface area contributed by atoms with Gasteiger partial charge in [-0.2, -0.15) is 0 Å². The van der Waals surface area contributed by atoms with Crippen molar-refractivity contribution in [2.75, 3.05) is 32.9 Å². The molecule has 2 aliphatic carbocycles. The number of alkyl carbamates (subject to hydrolysis) is 1. The van der Waals surface area contributed by atoms with Crippen molar-refractivity contribution in [3.63, 3.8) is 0 Å². The smallest absolute Gasteiger partial charge is 0.407 e. The van der Waals surface area contributed by atoms with Gasteiger partial charge in [-0.1, -0.05) is 39.8 Å². The van der Waals surface area contributed by atoms with Crippen LogP contribution in [0, 0.1) is 28.6 Å². The Morgan fingerprint density at radius 2 is 1.65 bits per heavy atom. The first-order valence-corrected chi connectivity index (χ1v) is 10.1. The van der Waals surface area contributed by atoms with Gasteiger partial charge < -0.3 is 20.5 Å². The van der Waals surface area contributed by atoms with E-state index in [-0.39, 0.29) is 16.9 Å². The lowest BCUT2D eigenvalue weighted by atomic mass is 9.93. The van der Waals surface area contributed by atoms with Crippen LogP contribution in [0.15, 0.2) is 12.2 Å². The van der Waals surface area contributed by atoms with Crippen molar-refractivity contribution in [1.82, 2.24) is 5.32 Å². The van der Waals surface area contributed by atoms with Gasteiger partial charge >= 0.3 is 6.09 Å². The minimum Gasteiger partial charge on any atom is -0.449 e. The van der Waals surface area contributed by atoms with Crippen LogP contribution in [0.5, 0.6) is 0 Å². The fraction of sp³-hybridized carbons (Fsp3) is 0.857. The maximum atomic E-state index is 12.0. The molecule has 26 heavy (non-hydrogen) atoms. The number of ether oxygens (including phenoxy) is 2. The zero-order valence-corrected chi connectivity index (χ0v) is 17.1. The predicted molar refractivity (Wildman–Crippen MR) is 105 cm³/mol. The van der Waals surface area contributed by atoms with Crippen LogP contribution in [0.3, 0.4) is 0 Å². The van der Waals surface area contributed by atoms with Crippen molar-refractivity contribution in [1.29, 1.82) is 0 Å². The van der Waals surface area contributed by atoms with E-state index in [9.17, 15) is 4.79 Å². The summed E-state index contributed by atoms with van der Waals surface area (Å²) in [6, 6.07) is 0. The molecule has 0 bridgehead atoms. The summed E-state index contributed by atoms with van der Waals surface area (Å²) in [6.07, 6.45) is 9.08. The van der Waals surface area contributed by atoms with E-state index in [0.717, 1.165) is 11.8 Å². The van der Waals surface area contributed by atoms with Gasteiger partial charge in [0.05, 0.1) is 19.8 Å². The SMILES string of the molecule is CC(C)(CN)COCC(C)(C)CNC(=O)OCC1[C@H]2CC/C=C\CC[C@@H]12. The van der Waals surface area contributed by atoms with Gasteiger partial charge in [0, 0.05) is 17.4 Å². The van der Waals surface area contributed by atoms with Crippen molar-refractivity contribution < 1.29 is 14.3 Å². The third-order valence-corrected chi connectivity index (χ3v) is 5.67. The monoisotopic (exact) mass is 366 g/mol. The zero-order valence-electron chi connectivity index (χ0n) is 17.1. The fourth-order valence-corrected chi connectivity index (χ4v) is 3.69. The minimum absolute atomic E-state index is 0.0171. The van der Waals surface area contributed by atoms with Crippen molar-refractivity contribution in [2.45, 2.75) is 53.4 Å². The summed E-state index contributed by atoms with van der Waals surface area (Å²) >= 11 is 0. The molecule has 0 spiro atoms. The van der Waals surface area contributed by atoms with Crippen LogP contribution in [-0.4, -0.2) is 39.0 Å². The van der Waals surface area contributed by atoms with Gasteiger partial charge in [-0.05, 0) is 50.0 Å². The van der Waals surface area contributed by atoms with Gasteiger partial charge in [0.2, 0.25) is 0 Å². The highest BCUT2D eigenvalue weighted by Gasteiger charge is 2.49. The molecular weight excluding hydrogens is 328 g/mol. The summed E-state index contributed by atoms with van der Waals surface area (Å²) in [5.74, 6) is 2.07. The van der Waals surface area contributed by atoms with Crippen molar-refractivity contribution in [3.8, 4) is 0 Å². The molecule has 3 N–H and O–H groups in total. The van der Waals surface area contributed by atoms with Crippen molar-refractivity contribution >= 4 is 6.09 Å². The topological polar surface area (TPSA) is 73.6 Å². The quantitative estimate of drug-likeness (QED) is 0.610. The van der Waals surface area contributed by atoms with Gasteiger partial charge in [0.15, 0.2) is 0 Å². The van der Waals surface area contributed by atoms with Crippen LogP contribution >= 0.6 is 0 Å². The number of hydrogen-bond donors (Lipinski definition) is 2. The molecule has 0 aliphatic heterocycles. The molecule has 5 nitrogen and oxygen atoms in total. The van der Waals surface area contributed by atoms with Crippen LogP contribution in [-0.2, 0) is 9.47 Å². The van der Waals surface area contributed by atoms with Crippen molar-refractivity contribution in [3.05, 3.63) is 12.2 Å². The molecule has 0 saturated heterocycles. The standard InChI is InChI=1S/C21H38N2O3/c1-20(2,12-22)14-25-15-21(3,4)13-23-19(24)26-11-18-16-9-7-5-6-8-10-17(16)18/h5-6,16-18H,7-15,22H2,1-4H3,(H,23,24)/b6-5-/t16-,17+,18?. The summed E-state index contributed by atoms with van der Waals surface area (Å²) in [7, 11) is 0. The molecule has 0 aromatic carbocycles. The molecular formula is C21H38N2O3. The molecule has 1 saturated carbocycles. The molecule has 1 unspecified atom stereocenters. The molecule has 2 rings (SSSR count). The summed E-state index contributed by atoms with van der Waals surface area (Å²) in [5.41, 5.74) is 5.56. The van der Waals surface area contributed by atoms with Gasteiger partial charge in [-0.3, -0.25) is 0 Å². The third-order valence-electron chi connectivity index (χ3n) is 5.67. The van der Waals surface area contributed by atoms with E-state index in [1.165, 1.54) is 25.7 Å². The zero-order chi connectivity index (χ0) is 19.2. The Morgan fingerprint density at radius 1 is 1.08 bits per heavy atom. The Kier molecular flexibility index (Phi) is 7.53. The second-order valence-corrected chi connectivity index (χ2v) is 9.60. The summed E-state index contributed by atoms with van der Waals surface area (Å²) in [6.45, 7) is 11.2. The molecule has 1 amide bonds. The van der Waals surface area contributed by atoms with E-state index in [1.807, 2.05) is 0 Å². The number of nitrogens with two attached hydrogens (primary N) is 1. The Morgan fingerprint density at radius 3 is 2.23 bits per heavy atom. The number of carbonyl (C=O) groups excluding carboxylic acids is 1. The van der Waals surface area contributed by atoms with E-state index < -0.39 is 0 Å². The molecule has 5 heteroatoms. The van der Waals surface area contributed by atoms with Crippen molar-refractivity contribution in [2.24, 2.45) is 34.3 Å². The molecule has 0 heterocycles. The Balaban J connectivity index is 1.60. The number of rotatable bonds is 9. The van der Waals surface area contributed by atoms with E-state index >= 15 is 0 Å². The lowest BCUT2D eigenvalue weighted by Crippen LogP contribution is -2.38. The van der Waals surface area contributed by atoms with Crippen LogP contribution in [0.1, 0.15) is 53.4 Å². The highest BCUT2D eigenvalue weighted by atomic mass is 16.5. The largest absolute Gasteiger partial charge is 0.449 e. The molecule has 3 atom stereocenters. The maximum absolute atomic E-state index is 12.0. The van der Waals surface area contributed by atoms with Gasteiger partial charge in [-0.15, -0.1) is 0 Å². The fourth-order valence-electron chi connectivity index (χ4n) is 3.69. The molecule has 0 aromatic heterocycles. The Bertz CT molecular complexity index is 472. The summed E-state index contributed by atoms with van der Waals surface area (Å²) in [5, 5.41) is 2.90. The number of amides is 1. The highest BCUT2D eigenvalue weighted by Crippen LogP contribution is 2.52. The van der Waals surface area contributed by atoms with Gasteiger partial charge in [-0.25, -0.2) is 4.79 Å². The van der Waals surface area contributed by atoms with E-state index in [4.69, 9.17) is 15.2 Å². The third kappa shape index (κ3) is 6.92. The minimum atomic E-state index is -0.308. The number of allylic oxidation sites excluding steroid dienone is 2. The van der Waals surface area contributed by atoms with Gasteiger partial charge in [0.1, 0.15) is 0 Å². The lowest BCUT2D eigenvalue weighted by molar-refractivity contribution is 0.0179. The maximum Gasteiger partial charge on any atom is 0.407 e. The van der Waals surface area contributed by atoms with Crippen LogP contribution in [0.25, 0.3) is 0 Å². The predicted octanol–water partition coefficient (Wildman–Crippen LogP) is 3.73. The van der Waals surface area contributed by atoms with Crippen LogP contribution < -0.4 is 11.1 Å². The van der Waals surface area contributed by atoms with Crippen LogP contribution in [0.4, 0.5) is 4.79 Å². The Labute approximate surface area is 159 Å². The van der Waals surface area contributed by atoms with E-state index in [2.05, 4.69) is 45.2 Å². The van der Waals surface area contributed by atoms with E-state index in [1.54, 1.807) is 0 Å². The average Bonchev–Trinajstić information content (AvgIpc) is 3.20. The number of nitrogens with one attached hydrogen (secondary N) is 1. The van der Waals surface area contributed by atoms with E-state index in [0.29, 0.717) is 38.8 Å². The molecule has 0 aromatic rings. The molecule has 1 fully saturated rings. The number of carbonyl (C=O) groups is 1. The number of fused-ring (bicyclic) bond motifs is 1. The lowest BCUT2D eigenvalue weighted by Gasteiger charge is -2.28. The molecule has 2 aliphatic rings. The molecule has 150 valence electrons. The first-order chi connectivity index (χ1) is 12.2. The first kappa shape index (κ1) is 21.2. The average molecular weight is 367 g/mol. The summed E-state index contributed by atoms with van der Waals surface area (Å²) in [4.78, 5) is 12.0. The first-order valence-electron chi connectivity index (χ1n) is 10.1. The normalized spacial score (nSPS) is 27.0. The highest BCUT2D eigenvalue weighted by molar-refractivity contribution is 5.67. The number of hydrogen-bond acceptors (Lipinski definition) is 4. The second-order valence-electron chi connectivity index (χ2n) is 9.60. The van der Waals surface area contributed by atoms with Crippen LogP contribution in [0.2, 0.25) is 0 Å². The summed E-state index contributed by atoms with van der Waals surface area (Å²) < 4.78 is 11.3.